The van der Waals surface area contributed by atoms with Crippen molar-refractivity contribution in [2.75, 3.05) is 33.7 Å². The minimum atomic E-state index is 0.505. The van der Waals surface area contributed by atoms with Crippen molar-refractivity contribution in [3.63, 3.8) is 0 Å². The fourth-order valence-corrected chi connectivity index (χ4v) is 2.78. The van der Waals surface area contributed by atoms with Crippen LogP contribution in [0.2, 0.25) is 0 Å². The van der Waals surface area contributed by atoms with E-state index >= 15 is 0 Å². The number of nitrogens with one attached hydrogen (secondary N) is 2. The van der Waals surface area contributed by atoms with Gasteiger partial charge in [0, 0.05) is 19.3 Å². The third-order valence-electron chi connectivity index (χ3n) is 4.18. The maximum Gasteiger partial charge on any atom is 0.191 e. The van der Waals surface area contributed by atoms with E-state index in [0.29, 0.717) is 6.54 Å². The van der Waals surface area contributed by atoms with Crippen LogP contribution >= 0.6 is 0 Å². The minimum Gasteiger partial charge on any atom is -0.357 e. The maximum atomic E-state index is 4.64. The Morgan fingerprint density at radius 1 is 1.08 bits per heavy atom. The van der Waals surface area contributed by atoms with Gasteiger partial charge >= 0.3 is 0 Å². The Labute approximate surface area is 156 Å². The van der Waals surface area contributed by atoms with Crippen molar-refractivity contribution in [3.8, 4) is 0 Å². The monoisotopic (exact) mass is 359 g/mol. The molecule has 2 aromatic heterocycles. The van der Waals surface area contributed by atoms with E-state index in [1.165, 1.54) is 38.6 Å². The molecule has 2 N–H and O–H groups in total. The van der Waals surface area contributed by atoms with E-state index < -0.39 is 0 Å². The van der Waals surface area contributed by atoms with Crippen LogP contribution in [-0.4, -0.2) is 59.2 Å². The van der Waals surface area contributed by atoms with Gasteiger partial charge < -0.3 is 15.5 Å². The summed E-state index contributed by atoms with van der Waals surface area (Å²) in [5.74, 6) is 1.69. The van der Waals surface area contributed by atoms with Gasteiger partial charge in [-0.05, 0) is 52.5 Å². The lowest BCUT2D eigenvalue weighted by Crippen LogP contribution is -2.37. The van der Waals surface area contributed by atoms with E-state index in [1.807, 2.05) is 28.8 Å². The highest BCUT2D eigenvalue weighted by Crippen LogP contribution is 2.04. The molecule has 2 heterocycles. The van der Waals surface area contributed by atoms with Crippen molar-refractivity contribution >= 4 is 11.6 Å². The summed E-state index contributed by atoms with van der Waals surface area (Å²) in [6.45, 7) is 5.56. The number of aromatic nitrogens is 3. The number of guanidine groups is 1. The summed E-state index contributed by atoms with van der Waals surface area (Å²) in [5, 5.41) is 15.1. The van der Waals surface area contributed by atoms with Crippen molar-refractivity contribution in [2.45, 2.75) is 45.6 Å². The summed E-state index contributed by atoms with van der Waals surface area (Å²) < 4.78 is 1.97. The molecule has 0 amide bonds. The molecular formula is C19H33N7. The molecule has 0 atom stereocenters. The highest BCUT2D eigenvalue weighted by Gasteiger charge is 2.04. The van der Waals surface area contributed by atoms with Crippen LogP contribution < -0.4 is 10.6 Å². The molecule has 26 heavy (non-hydrogen) atoms. The zero-order chi connectivity index (χ0) is 18.6. The molecule has 0 spiro atoms. The fraction of sp³-hybridized carbons (Fsp3) is 0.632. The molecule has 2 rings (SSSR count). The first kappa shape index (κ1) is 20.2. The molecule has 0 saturated heterocycles. The van der Waals surface area contributed by atoms with Crippen LogP contribution in [0.3, 0.4) is 0 Å². The Bertz CT molecular complexity index is 663. The second kappa shape index (κ2) is 11.5. The van der Waals surface area contributed by atoms with Crippen molar-refractivity contribution < 1.29 is 0 Å². The quantitative estimate of drug-likeness (QED) is 0.366. The zero-order valence-corrected chi connectivity index (χ0v) is 16.4. The molecule has 0 aliphatic rings. The molecule has 0 fully saturated rings. The Balaban J connectivity index is 1.71. The average molecular weight is 360 g/mol. The van der Waals surface area contributed by atoms with Gasteiger partial charge in [-0.25, -0.2) is 4.99 Å². The number of hydrogen-bond acceptors (Lipinski definition) is 4. The van der Waals surface area contributed by atoms with Gasteiger partial charge in [0.2, 0.25) is 0 Å². The maximum absolute atomic E-state index is 4.64. The first-order chi connectivity index (χ1) is 12.7. The zero-order valence-electron chi connectivity index (χ0n) is 16.4. The molecular weight excluding hydrogens is 326 g/mol. The molecule has 0 unspecified atom stereocenters. The van der Waals surface area contributed by atoms with E-state index in [0.717, 1.165) is 30.5 Å². The average Bonchev–Trinajstić information content (AvgIpc) is 3.04. The standard InChI is InChI=1S/C19H33N7/c1-4-20-19(21-13-9-6-5-7-10-14-25(2)3)22-16-18-24-23-17-12-8-11-15-26(17)18/h8,11-12,15H,4-7,9-10,13-14,16H2,1-3H3,(H2,20,21,22). The summed E-state index contributed by atoms with van der Waals surface area (Å²) in [5.41, 5.74) is 0.852. The first-order valence-corrected chi connectivity index (χ1v) is 9.66. The molecule has 0 radical (unpaired) electrons. The number of pyridine rings is 1. The number of unbranched alkanes of at least 4 members (excludes halogenated alkanes) is 4. The molecule has 2 aromatic rings. The molecule has 7 nitrogen and oxygen atoms in total. The van der Waals surface area contributed by atoms with E-state index in [-0.39, 0.29) is 0 Å². The second-order valence-corrected chi connectivity index (χ2v) is 6.74. The van der Waals surface area contributed by atoms with Gasteiger partial charge in [-0.2, -0.15) is 0 Å². The largest absolute Gasteiger partial charge is 0.357 e. The molecule has 144 valence electrons. The number of rotatable bonds is 11. The van der Waals surface area contributed by atoms with Gasteiger partial charge in [-0.3, -0.25) is 4.40 Å². The highest BCUT2D eigenvalue weighted by molar-refractivity contribution is 5.79. The molecule has 7 heteroatoms. The Hall–Kier alpha value is -2.15. The van der Waals surface area contributed by atoms with Crippen molar-refractivity contribution in [1.82, 2.24) is 30.1 Å². The van der Waals surface area contributed by atoms with E-state index in [4.69, 9.17) is 0 Å². The molecule has 0 bridgehead atoms. The fourth-order valence-electron chi connectivity index (χ4n) is 2.78. The van der Waals surface area contributed by atoms with Crippen LogP contribution in [0.4, 0.5) is 0 Å². The van der Waals surface area contributed by atoms with E-state index in [2.05, 4.69) is 51.7 Å². The lowest BCUT2D eigenvalue weighted by Gasteiger charge is -2.11. The third kappa shape index (κ3) is 7.00. The number of fused-ring (bicyclic) bond motifs is 1. The molecule has 0 aromatic carbocycles. The number of nitrogens with zero attached hydrogens (tertiary/aromatic N) is 5. The van der Waals surface area contributed by atoms with Gasteiger partial charge in [-0.15, -0.1) is 10.2 Å². The van der Waals surface area contributed by atoms with Crippen molar-refractivity contribution in [1.29, 1.82) is 0 Å². The highest BCUT2D eigenvalue weighted by atomic mass is 15.3. The molecule has 0 saturated carbocycles. The van der Waals surface area contributed by atoms with Crippen LogP contribution in [0.5, 0.6) is 0 Å². The van der Waals surface area contributed by atoms with Crippen LogP contribution in [-0.2, 0) is 6.54 Å². The summed E-state index contributed by atoms with van der Waals surface area (Å²) in [7, 11) is 4.27. The Morgan fingerprint density at radius 2 is 1.88 bits per heavy atom. The van der Waals surface area contributed by atoms with Gasteiger partial charge in [0.25, 0.3) is 0 Å². The summed E-state index contributed by atoms with van der Waals surface area (Å²) >= 11 is 0. The van der Waals surface area contributed by atoms with Crippen LogP contribution in [0, 0.1) is 0 Å². The molecule has 0 aliphatic carbocycles. The Morgan fingerprint density at radius 3 is 2.69 bits per heavy atom. The second-order valence-electron chi connectivity index (χ2n) is 6.74. The number of hydrogen-bond donors (Lipinski definition) is 2. The lowest BCUT2D eigenvalue weighted by atomic mass is 10.1. The van der Waals surface area contributed by atoms with E-state index in [1.54, 1.807) is 0 Å². The van der Waals surface area contributed by atoms with Gasteiger partial charge in [0.15, 0.2) is 17.4 Å². The predicted octanol–water partition coefficient (Wildman–Crippen LogP) is 2.30. The smallest absolute Gasteiger partial charge is 0.191 e. The van der Waals surface area contributed by atoms with Gasteiger partial charge in [0.1, 0.15) is 6.54 Å². The van der Waals surface area contributed by atoms with Crippen molar-refractivity contribution in [3.05, 3.63) is 30.2 Å². The first-order valence-electron chi connectivity index (χ1n) is 9.66. The van der Waals surface area contributed by atoms with Gasteiger partial charge in [0.05, 0.1) is 0 Å². The predicted molar refractivity (Wildman–Crippen MR) is 107 cm³/mol. The minimum absolute atomic E-state index is 0.505. The number of aliphatic imine (C=N–C) groups is 1. The summed E-state index contributed by atoms with van der Waals surface area (Å²) in [6.07, 6.45) is 8.30. The molecule has 0 aliphatic heterocycles. The van der Waals surface area contributed by atoms with Crippen LogP contribution in [0.15, 0.2) is 29.4 Å². The van der Waals surface area contributed by atoms with E-state index in [9.17, 15) is 0 Å². The summed E-state index contributed by atoms with van der Waals surface area (Å²) in [6, 6.07) is 5.89. The SMILES string of the molecule is CCNC(=NCc1nnc2ccccn12)NCCCCCCCN(C)C. The van der Waals surface area contributed by atoms with Crippen LogP contribution in [0.1, 0.15) is 44.9 Å². The van der Waals surface area contributed by atoms with Gasteiger partial charge in [-0.1, -0.05) is 25.3 Å². The Kier molecular flexibility index (Phi) is 8.89. The third-order valence-corrected chi connectivity index (χ3v) is 4.18. The van der Waals surface area contributed by atoms with Crippen molar-refractivity contribution in [2.24, 2.45) is 4.99 Å². The topological polar surface area (TPSA) is 69.8 Å². The normalized spacial score (nSPS) is 12.1. The van der Waals surface area contributed by atoms with Crippen LogP contribution in [0.25, 0.3) is 5.65 Å². The summed E-state index contributed by atoms with van der Waals surface area (Å²) in [4.78, 5) is 6.89. The lowest BCUT2D eigenvalue weighted by molar-refractivity contribution is 0.389.